The maximum absolute atomic E-state index is 13.2. The van der Waals surface area contributed by atoms with E-state index in [0.717, 1.165) is 29.3 Å². The molecule has 4 heteroatoms. The van der Waals surface area contributed by atoms with Crippen molar-refractivity contribution in [1.29, 1.82) is 0 Å². The van der Waals surface area contributed by atoms with Crippen molar-refractivity contribution in [2.75, 3.05) is 6.54 Å². The van der Waals surface area contributed by atoms with Gasteiger partial charge in [0.1, 0.15) is 0 Å². The van der Waals surface area contributed by atoms with Gasteiger partial charge in [-0.1, -0.05) is 48.5 Å². The molecular formula is C25H23N3O. The Kier molecular flexibility index (Phi) is 5.91. The fraction of sp³-hybridized carbons (Fsp3) is 0.160. The van der Waals surface area contributed by atoms with E-state index in [1.165, 1.54) is 5.56 Å². The molecule has 2 aromatic carbocycles. The number of amides is 1. The fourth-order valence-electron chi connectivity index (χ4n) is 3.55. The van der Waals surface area contributed by atoms with Crippen LogP contribution in [0, 0.1) is 0 Å². The van der Waals surface area contributed by atoms with Gasteiger partial charge in [-0.2, -0.15) is 0 Å². The highest BCUT2D eigenvalue weighted by molar-refractivity contribution is 5.94. The molecule has 0 aliphatic rings. The Hall–Kier alpha value is -3.53. The Morgan fingerprint density at radius 3 is 2.41 bits per heavy atom. The quantitative estimate of drug-likeness (QED) is 0.457. The lowest BCUT2D eigenvalue weighted by molar-refractivity contribution is 0.0741. The monoisotopic (exact) mass is 381 g/mol. The first-order chi connectivity index (χ1) is 14.3. The normalized spacial score (nSPS) is 10.8. The molecule has 0 saturated carbocycles. The Morgan fingerprint density at radius 1 is 0.828 bits per heavy atom. The standard InChI is InChI=1S/C25H23N3O/c29-25(21-12-15-26-16-13-21)28(18-6-9-20-7-2-1-3-8-20)19-22-14-17-27-24-11-5-4-10-23(22)24/h1-5,7-8,10-17H,6,9,18-19H2. The zero-order chi connectivity index (χ0) is 19.9. The van der Waals surface area contributed by atoms with Crippen molar-refractivity contribution < 1.29 is 4.79 Å². The topological polar surface area (TPSA) is 46.1 Å². The van der Waals surface area contributed by atoms with Crippen LogP contribution in [0.4, 0.5) is 0 Å². The molecule has 0 radical (unpaired) electrons. The number of hydrogen-bond acceptors (Lipinski definition) is 3. The third-order valence-electron chi connectivity index (χ3n) is 5.05. The first-order valence-corrected chi connectivity index (χ1v) is 9.87. The predicted octanol–water partition coefficient (Wildman–Crippen LogP) is 4.91. The van der Waals surface area contributed by atoms with Crippen LogP contribution < -0.4 is 0 Å². The molecule has 1 amide bonds. The number of aryl methyl sites for hydroxylation is 1. The number of carbonyl (C=O) groups is 1. The average Bonchev–Trinajstić information content (AvgIpc) is 2.79. The summed E-state index contributed by atoms with van der Waals surface area (Å²) < 4.78 is 0. The summed E-state index contributed by atoms with van der Waals surface area (Å²) in [7, 11) is 0. The summed E-state index contributed by atoms with van der Waals surface area (Å²) in [5.41, 5.74) is 4.01. The molecule has 0 fully saturated rings. The van der Waals surface area contributed by atoms with Gasteiger partial charge in [-0.25, -0.2) is 0 Å². The van der Waals surface area contributed by atoms with Crippen LogP contribution in [0.2, 0.25) is 0 Å². The highest BCUT2D eigenvalue weighted by atomic mass is 16.2. The van der Waals surface area contributed by atoms with Gasteiger partial charge in [-0.15, -0.1) is 0 Å². The van der Waals surface area contributed by atoms with Gasteiger partial charge >= 0.3 is 0 Å². The predicted molar refractivity (Wildman–Crippen MR) is 115 cm³/mol. The first-order valence-electron chi connectivity index (χ1n) is 9.87. The van der Waals surface area contributed by atoms with Crippen molar-refractivity contribution in [3.63, 3.8) is 0 Å². The molecule has 0 saturated heterocycles. The smallest absolute Gasteiger partial charge is 0.254 e. The van der Waals surface area contributed by atoms with Gasteiger partial charge in [-0.05, 0) is 48.2 Å². The lowest BCUT2D eigenvalue weighted by Gasteiger charge is -2.24. The Bertz CT molecular complexity index is 1080. The number of carbonyl (C=O) groups excluding carboxylic acids is 1. The van der Waals surface area contributed by atoms with E-state index in [2.05, 4.69) is 40.3 Å². The van der Waals surface area contributed by atoms with E-state index in [9.17, 15) is 4.79 Å². The van der Waals surface area contributed by atoms with Crippen LogP contribution in [0.3, 0.4) is 0 Å². The lowest BCUT2D eigenvalue weighted by Crippen LogP contribution is -2.32. The maximum Gasteiger partial charge on any atom is 0.254 e. The van der Waals surface area contributed by atoms with E-state index in [4.69, 9.17) is 0 Å². The number of rotatable bonds is 7. The molecular weight excluding hydrogens is 358 g/mol. The number of benzene rings is 2. The molecule has 0 aliphatic heterocycles. The number of pyridine rings is 2. The molecule has 0 spiro atoms. The van der Waals surface area contributed by atoms with E-state index < -0.39 is 0 Å². The SMILES string of the molecule is O=C(c1ccncc1)N(CCCc1ccccc1)Cc1ccnc2ccccc12. The molecule has 29 heavy (non-hydrogen) atoms. The van der Waals surface area contributed by atoms with Crippen molar-refractivity contribution in [3.8, 4) is 0 Å². The minimum atomic E-state index is 0.0290. The molecule has 0 atom stereocenters. The van der Waals surface area contributed by atoms with Gasteiger partial charge in [0.15, 0.2) is 0 Å². The Balaban J connectivity index is 1.56. The third-order valence-corrected chi connectivity index (χ3v) is 5.05. The minimum absolute atomic E-state index is 0.0290. The van der Waals surface area contributed by atoms with E-state index in [1.807, 2.05) is 41.4 Å². The average molecular weight is 381 g/mol. The molecule has 4 aromatic rings. The van der Waals surface area contributed by atoms with E-state index >= 15 is 0 Å². The van der Waals surface area contributed by atoms with Crippen LogP contribution in [-0.2, 0) is 13.0 Å². The number of aromatic nitrogens is 2. The van der Waals surface area contributed by atoms with Crippen LogP contribution in [0.5, 0.6) is 0 Å². The van der Waals surface area contributed by atoms with Gasteiger partial charge in [0, 0.05) is 42.6 Å². The molecule has 0 aliphatic carbocycles. The number of nitrogens with zero attached hydrogens (tertiary/aromatic N) is 3. The second-order valence-corrected chi connectivity index (χ2v) is 7.04. The van der Waals surface area contributed by atoms with Crippen molar-refractivity contribution in [2.45, 2.75) is 19.4 Å². The van der Waals surface area contributed by atoms with Gasteiger partial charge in [-0.3, -0.25) is 14.8 Å². The minimum Gasteiger partial charge on any atom is -0.334 e. The zero-order valence-corrected chi connectivity index (χ0v) is 16.2. The molecule has 0 unspecified atom stereocenters. The summed E-state index contributed by atoms with van der Waals surface area (Å²) in [6, 6.07) is 24.0. The van der Waals surface area contributed by atoms with Gasteiger partial charge in [0.25, 0.3) is 5.91 Å². The van der Waals surface area contributed by atoms with Gasteiger partial charge in [0.2, 0.25) is 0 Å². The van der Waals surface area contributed by atoms with Gasteiger partial charge in [0.05, 0.1) is 5.52 Å². The summed E-state index contributed by atoms with van der Waals surface area (Å²) in [4.78, 5) is 23.6. The summed E-state index contributed by atoms with van der Waals surface area (Å²) in [6.07, 6.45) is 6.99. The molecule has 2 heterocycles. The second-order valence-electron chi connectivity index (χ2n) is 7.04. The van der Waals surface area contributed by atoms with Crippen molar-refractivity contribution in [3.05, 3.63) is 108 Å². The van der Waals surface area contributed by atoms with Crippen LogP contribution in [0.25, 0.3) is 10.9 Å². The third kappa shape index (κ3) is 4.66. The lowest BCUT2D eigenvalue weighted by atomic mass is 10.1. The van der Waals surface area contributed by atoms with Gasteiger partial charge < -0.3 is 4.90 Å². The van der Waals surface area contributed by atoms with E-state index in [0.29, 0.717) is 18.7 Å². The Labute approximate surface area is 170 Å². The van der Waals surface area contributed by atoms with Crippen molar-refractivity contribution in [2.24, 2.45) is 0 Å². The maximum atomic E-state index is 13.2. The van der Waals surface area contributed by atoms with Crippen LogP contribution in [-0.4, -0.2) is 27.3 Å². The molecule has 0 N–H and O–H groups in total. The molecule has 4 rings (SSSR count). The summed E-state index contributed by atoms with van der Waals surface area (Å²) in [5, 5.41) is 1.09. The van der Waals surface area contributed by atoms with E-state index in [-0.39, 0.29) is 5.91 Å². The summed E-state index contributed by atoms with van der Waals surface area (Å²) in [5.74, 6) is 0.0290. The largest absolute Gasteiger partial charge is 0.334 e. The van der Waals surface area contributed by atoms with E-state index in [1.54, 1.807) is 24.5 Å². The van der Waals surface area contributed by atoms with Crippen LogP contribution in [0.15, 0.2) is 91.4 Å². The molecule has 2 aromatic heterocycles. The molecule has 0 bridgehead atoms. The van der Waals surface area contributed by atoms with Crippen molar-refractivity contribution in [1.82, 2.24) is 14.9 Å². The highest BCUT2D eigenvalue weighted by Gasteiger charge is 2.17. The number of fused-ring (bicyclic) bond motifs is 1. The number of para-hydroxylation sites is 1. The van der Waals surface area contributed by atoms with Crippen LogP contribution in [0.1, 0.15) is 27.9 Å². The summed E-state index contributed by atoms with van der Waals surface area (Å²) >= 11 is 0. The van der Waals surface area contributed by atoms with Crippen molar-refractivity contribution >= 4 is 16.8 Å². The zero-order valence-electron chi connectivity index (χ0n) is 16.2. The Morgan fingerprint density at radius 2 is 1.59 bits per heavy atom. The fourth-order valence-corrected chi connectivity index (χ4v) is 3.55. The molecule has 144 valence electrons. The first kappa shape index (κ1) is 18.8. The molecule has 4 nitrogen and oxygen atoms in total. The van der Waals surface area contributed by atoms with Crippen LogP contribution >= 0.6 is 0 Å². The summed E-state index contributed by atoms with van der Waals surface area (Å²) in [6.45, 7) is 1.24. The highest BCUT2D eigenvalue weighted by Crippen LogP contribution is 2.19. The second kappa shape index (κ2) is 9.11. The number of hydrogen-bond donors (Lipinski definition) is 0.